The highest BCUT2D eigenvalue weighted by molar-refractivity contribution is 5.83. The summed E-state index contributed by atoms with van der Waals surface area (Å²) in [6.45, 7) is 4.76. The molecule has 2 rings (SSSR count). The number of aromatic hydroxyl groups is 1. The number of likely N-dealkylation sites (tertiary alicyclic amines) is 1. The van der Waals surface area contributed by atoms with Gasteiger partial charge in [0.2, 0.25) is 5.91 Å². The number of hydrogen-bond acceptors (Lipinski definition) is 3. The molecule has 0 spiro atoms. The number of benzene rings is 1. The molecule has 0 saturated carbocycles. The SMILES string of the molecule is Cc1ccc(O)c(C(C)NC2CCN(C)C2=O)c1. The van der Waals surface area contributed by atoms with Crippen molar-refractivity contribution in [3.8, 4) is 5.75 Å². The number of phenolic OH excluding ortho intramolecular Hbond substituents is 1. The summed E-state index contributed by atoms with van der Waals surface area (Å²) in [5, 5.41) is 13.2. The first kappa shape index (κ1) is 12.9. The molecule has 98 valence electrons. The van der Waals surface area contributed by atoms with Crippen LogP contribution in [0, 0.1) is 6.92 Å². The van der Waals surface area contributed by atoms with Crippen molar-refractivity contribution in [2.75, 3.05) is 13.6 Å². The highest BCUT2D eigenvalue weighted by Gasteiger charge is 2.30. The van der Waals surface area contributed by atoms with E-state index >= 15 is 0 Å². The summed E-state index contributed by atoms with van der Waals surface area (Å²) in [6.07, 6.45) is 0.826. The van der Waals surface area contributed by atoms with Gasteiger partial charge in [-0.1, -0.05) is 17.7 Å². The smallest absolute Gasteiger partial charge is 0.239 e. The zero-order valence-corrected chi connectivity index (χ0v) is 11.1. The Kier molecular flexibility index (Phi) is 3.57. The number of carbonyl (C=O) groups is 1. The van der Waals surface area contributed by atoms with E-state index in [1.807, 2.05) is 33.0 Å². The molecule has 1 aliphatic rings. The molecule has 1 saturated heterocycles. The van der Waals surface area contributed by atoms with Gasteiger partial charge in [-0.25, -0.2) is 0 Å². The lowest BCUT2D eigenvalue weighted by atomic mass is 10.0. The predicted octanol–water partition coefficient (Wildman–Crippen LogP) is 1.58. The maximum atomic E-state index is 11.8. The van der Waals surface area contributed by atoms with Gasteiger partial charge in [0.05, 0.1) is 6.04 Å². The minimum Gasteiger partial charge on any atom is -0.508 e. The Morgan fingerprint density at radius 3 is 2.83 bits per heavy atom. The topological polar surface area (TPSA) is 52.6 Å². The van der Waals surface area contributed by atoms with Crippen LogP contribution in [0.25, 0.3) is 0 Å². The largest absolute Gasteiger partial charge is 0.508 e. The predicted molar refractivity (Wildman–Crippen MR) is 70.4 cm³/mol. The number of rotatable bonds is 3. The number of nitrogens with one attached hydrogen (secondary N) is 1. The minimum absolute atomic E-state index is 0.0367. The Morgan fingerprint density at radius 2 is 2.22 bits per heavy atom. The van der Waals surface area contributed by atoms with E-state index in [2.05, 4.69) is 5.32 Å². The van der Waals surface area contributed by atoms with Gasteiger partial charge < -0.3 is 10.0 Å². The molecule has 4 heteroatoms. The zero-order chi connectivity index (χ0) is 13.3. The van der Waals surface area contributed by atoms with Gasteiger partial charge in [0.1, 0.15) is 5.75 Å². The molecular formula is C14H20N2O2. The van der Waals surface area contributed by atoms with E-state index in [0.717, 1.165) is 24.1 Å². The fourth-order valence-electron chi connectivity index (χ4n) is 2.39. The molecule has 2 atom stereocenters. The van der Waals surface area contributed by atoms with E-state index in [0.29, 0.717) is 0 Å². The average molecular weight is 248 g/mol. The van der Waals surface area contributed by atoms with Gasteiger partial charge in [0, 0.05) is 25.2 Å². The van der Waals surface area contributed by atoms with Crippen molar-refractivity contribution in [2.24, 2.45) is 0 Å². The van der Waals surface area contributed by atoms with Crippen LogP contribution in [0.2, 0.25) is 0 Å². The Bertz CT molecular complexity index is 459. The lowest BCUT2D eigenvalue weighted by molar-refractivity contribution is -0.128. The fraction of sp³-hybridized carbons (Fsp3) is 0.500. The third-order valence-corrected chi connectivity index (χ3v) is 3.53. The first-order chi connectivity index (χ1) is 8.49. The Balaban J connectivity index is 2.10. The van der Waals surface area contributed by atoms with Gasteiger partial charge >= 0.3 is 0 Å². The van der Waals surface area contributed by atoms with Crippen LogP contribution in [0.4, 0.5) is 0 Å². The fourth-order valence-corrected chi connectivity index (χ4v) is 2.39. The second kappa shape index (κ2) is 4.98. The van der Waals surface area contributed by atoms with E-state index in [9.17, 15) is 9.90 Å². The van der Waals surface area contributed by atoms with Gasteiger partial charge in [0.15, 0.2) is 0 Å². The van der Waals surface area contributed by atoms with Gasteiger partial charge in [-0.05, 0) is 26.3 Å². The average Bonchev–Trinajstić information content (AvgIpc) is 2.64. The molecule has 0 bridgehead atoms. The van der Waals surface area contributed by atoms with Crippen LogP contribution in [0.5, 0.6) is 5.75 Å². The normalized spacial score (nSPS) is 21.4. The van der Waals surface area contributed by atoms with Gasteiger partial charge in [0.25, 0.3) is 0 Å². The monoisotopic (exact) mass is 248 g/mol. The van der Waals surface area contributed by atoms with Crippen LogP contribution < -0.4 is 5.32 Å². The summed E-state index contributed by atoms with van der Waals surface area (Å²) in [5.41, 5.74) is 1.95. The highest BCUT2D eigenvalue weighted by Crippen LogP contribution is 2.26. The third kappa shape index (κ3) is 2.48. The second-order valence-corrected chi connectivity index (χ2v) is 5.05. The van der Waals surface area contributed by atoms with Crippen LogP contribution in [0.1, 0.15) is 30.5 Å². The lowest BCUT2D eigenvalue weighted by Crippen LogP contribution is -2.38. The molecule has 1 amide bonds. The van der Waals surface area contributed by atoms with Crippen LogP contribution in [0.3, 0.4) is 0 Å². The molecule has 0 aliphatic carbocycles. The van der Waals surface area contributed by atoms with Gasteiger partial charge in [-0.3, -0.25) is 10.1 Å². The molecular weight excluding hydrogens is 228 g/mol. The third-order valence-electron chi connectivity index (χ3n) is 3.53. The first-order valence-corrected chi connectivity index (χ1v) is 6.29. The minimum atomic E-state index is -0.134. The first-order valence-electron chi connectivity index (χ1n) is 6.29. The molecule has 1 aliphatic heterocycles. The molecule has 18 heavy (non-hydrogen) atoms. The number of phenols is 1. The number of hydrogen-bond donors (Lipinski definition) is 2. The standard InChI is InChI=1S/C14H20N2O2/c1-9-4-5-13(17)11(8-9)10(2)15-12-6-7-16(3)14(12)18/h4-5,8,10,12,15,17H,6-7H2,1-3H3. The molecule has 1 aromatic rings. The molecule has 2 N–H and O–H groups in total. The Morgan fingerprint density at radius 1 is 1.50 bits per heavy atom. The Labute approximate surface area is 108 Å². The molecule has 1 fully saturated rings. The van der Waals surface area contributed by atoms with E-state index in [1.54, 1.807) is 11.0 Å². The quantitative estimate of drug-likeness (QED) is 0.854. The number of amides is 1. The van der Waals surface area contributed by atoms with Gasteiger partial charge in [-0.2, -0.15) is 0 Å². The highest BCUT2D eigenvalue weighted by atomic mass is 16.3. The zero-order valence-electron chi connectivity index (χ0n) is 11.1. The maximum absolute atomic E-state index is 11.8. The summed E-state index contributed by atoms with van der Waals surface area (Å²) in [6, 6.07) is 5.36. The molecule has 0 radical (unpaired) electrons. The summed E-state index contributed by atoms with van der Waals surface area (Å²) < 4.78 is 0. The number of nitrogens with zero attached hydrogens (tertiary/aromatic N) is 1. The summed E-state index contributed by atoms with van der Waals surface area (Å²) >= 11 is 0. The summed E-state index contributed by atoms with van der Waals surface area (Å²) in [7, 11) is 1.82. The van der Waals surface area contributed by atoms with Crippen molar-refractivity contribution in [1.82, 2.24) is 10.2 Å². The number of carbonyl (C=O) groups excluding carboxylic acids is 1. The van der Waals surface area contributed by atoms with Crippen LogP contribution in [0.15, 0.2) is 18.2 Å². The molecule has 1 heterocycles. The van der Waals surface area contributed by atoms with E-state index in [-0.39, 0.29) is 23.7 Å². The maximum Gasteiger partial charge on any atom is 0.239 e. The summed E-state index contributed by atoms with van der Waals surface area (Å²) in [4.78, 5) is 13.6. The lowest BCUT2D eigenvalue weighted by Gasteiger charge is -2.20. The number of aryl methyl sites for hydroxylation is 1. The molecule has 4 nitrogen and oxygen atoms in total. The van der Waals surface area contributed by atoms with Crippen molar-refractivity contribution < 1.29 is 9.90 Å². The van der Waals surface area contributed by atoms with Crippen LogP contribution in [-0.2, 0) is 4.79 Å². The van der Waals surface area contributed by atoms with Crippen LogP contribution >= 0.6 is 0 Å². The van der Waals surface area contributed by atoms with Crippen molar-refractivity contribution in [1.29, 1.82) is 0 Å². The van der Waals surface area contributed by atoms with Crippen molar-refractivity contribution >= 4 is 5.91 Å². The van der Waals surface area contributed by atoms with Crippen LogP contribution in [-0.4, -0.2) is 35.5 Å². The molecule has 1 aromatic carbocycles. The van der Waals surface area contributed by atoms with E-state index < -0.39 is 0 Å². The van der Waals surface area contributed by atoms with Crippen molar-refractivity contribution in [3.05, 3.63) is 29.3 Å². The Hall–Kier alpha value is -1.55. The van der Waals surface area contributed by atoms with Crippen molar-refractivity contribution in [3.63, 3.8) is 0 Å². The van der Waals surface area contributed by atoms with E-state index in [1.165, 1.54) is 0 Å². The second-order valence-electron chi connectivity index (χ2n) is 5.05. The number of likely N-dealkylation sites (N-methyl/N-ethyl adjacent to an activating group) is 1. The molecule has 2 unspecified atom stereocenters. The van der Waals surface area contributed by atoms with Crippen molar-refractivity contribution in [2.45, 2.75) is 32.4 Å². The summed E-state index contributed by atoms with van der Waals surface area (Å²) in [5.74, 6) is 0.411. The van der Waals surface area contributed by atoms with E-state index in [4.69, 9.17) is 0 Å². The molecule has 0 aromatic heterocycles. The van der Waals surface area contributed by atoms with Gasteiger partial charge in [-0.15, -0.1) is 0 Å².